The Morgan fingerprint density at radius 3 is 2.71 bits per heavy atom. The fourth-order valence-corrected chi connectivity index (χ4v) is 3.75. The van der Waals surface area contributed by atoms with Crippen LogP contribution in [-0.4, -0.2) is 58.9 Å². The van der Waals surface area contributed by atoms with Crippen molar-refractivity contribution in [2.75, 3.05) is 33.2 Å². The lowest BCUT2D eigenvalue weighted by atomic mass is 9.95. The summed E-state index contributed by atoms with van der Waals surface area (Å²) in [5, 5.41) is 0. The van der Waals surface area contributed by atoms with Gasteiger partial charge in [0.2, 0.25) is 5.91 Å². The molecule has 5 nitrogen and oxygen atoms in total. The molecule has 0 saturated carbocycles. The summed E-state index contributed by atoms with van der Waals surface area (Å²) in [6, 6.07) is 7.01. The van der Waals surface area contributed by atoms with E-state index in [2.05, 4.69) is 14.9 Å². The minimum Gasteiger partial charge on any atom is -0.345 e. The van der Waals surface area contributed by atoms with Crippen LogP contribution in [0.15, 0.2) is 42.9 Å². The first-order chi connectivity index (χ1) is 13.6. The number of likely N-dealkylation sites (tertiary alicyclic amines) is 1. The van der Waals surface area contributed by atoms with Crippen molar-refractivity contribution in [3.05, 3.63) is 59.9 Å². The predicted octanol–water partition coefficient (Wildman–Crippen LogP) is 2.96. The number of aromatic nitrogens is 2. The summed E-state index contributed by atoms with van der Waals surface area (Å²) in [7, 11) is 1.89. The number of nitrogens with zero attached hydrogens (tertiary/aromatic N) is 4. The number of piperidine rings is 1. The molecule has 0 aliphatic carbocycles. The maximum atomic E-state index is 13.7. The second-order valence-corrected chi connectivity index (χ2v) is 7.60. The van der Waals surface area contributed by atoms with Gasteiger partial charge in [-0.25, -0.2) is 4.39 Å². The van der Waals surface area contributed by atoms with Crippen LogP contribution in [0.25, 0.3) is 0 Å². The molecule has 150 valence electrons. The number of rotatable bonds is 8. The number of amides is 1. The number of hydrogen-bond acceptors (Lipinski definition) is 4. The highest BCUT2D eigenvalue weighted by atomic mass is 19.1. The molecule has 0 radical (unpaired) electrons. The molecular formula is C22H29FN4O. The van der Waals surface area contributed by atoms with Crippen molar-refractivity contribution < 1.29 is 9.18 Å². The molecule has 1 saturated heterocycles. The molecule has 1 fully saturated rings. The molecule has 1 amide bonds. The molecule has 28 heavy (non-hydrogen) atoms. The number of carbonyl (C=O) groups is 1. The largest absolute Gasteiger partial charge is 0.345 e. The van der Waals surface area contributed by atoms with Crippen molar-refractivity contribution in [2.45, 2.75) is 32.1 Å². The normalized spacial score (nSPS) is 15.5. The summed E-state index contributed by atoms with van der Waals surface area (Å²) in [6.45, 7) is 3.72. The number of carbonyl (C=O) groups excluding carboxylic acids is 1. The van der Waals surface area contributed by atoms with Gasteiger partial charge in [0.15, 0.2) is 0 Å². The molecule has 1 aromatic carbocycles. The maximum Gasteiger partial charge on any atom is 0.222 e. The van der Waals surface area contributed by atoms with Crippen molar-refractivity contribution in [3.63, 3.8) is 0 Å². The topological polar surface area (TPSA) is 49.3 Å². The minimum atomic E-state index is -0.112. The average molecular weight is 384 g/mol. The molecule has 0 N–H and O–H groups in total. The van der Waals surface area contributed by atoms with Gasteiger partial charge < -0.3 is 9.80 Å². The van der Waals surface area contributed by atoms with Gasteiger partial charge in [0.25, 0.3) is 0 Å². The van der Waals surface area contributed by atoms with Crippen molar-refractivity contribution in [2.24, 2.45) is 5.92 Å². The third kappa shape index (κ3) is 6.09. The quantitative estimate of drug-likeness (QED) is 0.702. The first-order valence-electron chi connectivity index (χ1n) is 10.1. The molecule has 3 rings (SSSR count). The van der Waals surface area contributed by atoms with E-state index in [0.717, 1.165) is 56.7 Å². The smallest absolute Gasteiger partial charge is 0.222 e. The molecular weight excluding hydrogens is 355 g/mol. The molecule has 0 atom stereocenters. The number of hydrogen-bond donors (Lipinski definition) is 0. The van der Waals surface area contributed by atoms with Crippen LogP contribution in [0.2, 0.25) is 0 Å². The molecule has 1 aliphatic heterocycles. The standard InChI is InChI=1S/C22H29FN4O/c1-26(22(28)7-6-20-16-24-11-12-25-20)17-18-8-13-27(14-9-18)15-10-19-4-2-3-5-21(19)23/h2-5,11-12,16,18H,6-10,13-15,17H2,1H3. The lowest BCUT2D eigenvalue weighted by molar-refractivity contribution is -0.130. The van der Waals surface area contributed by atoms with Gasteiger partial charge in [0.1, 0.15) is 5.82 Å². The Kier molecular flexibility index (Phi) is 7.48. The van der Waals surface area contributed by atoms with Crippen LogP contribution >= 0.6 is 0 Å². The Bertz CT molecular complexity index is 747. The summed E-state index contributed by atoms with van der Waals surface area (Å²) in [5.74, 6) is 0.585. The zero-order valence-electron chi connectivity index (χ0n) is 16.6. The van der Waals surface area contributed by atoms with E-state index in [1.165, 1.54) is 6.07 Å². The first kappa shape index (κ1) is 20.4. The number of aryl methyl sites for hydroxylation is 1. The lowest BCUT2D eigenvalue weighted by Crippen LogP contribution is -2.40. The van der Waals surface area contributed by atoms with Gasteiger partial charge in [-0.1, -0.05) is 18.2 Å². The van der Waals surface area contributed by atoms with Gasteiger partial charge in [-0.2, -0.15) is 0 Å². The molecule has 0 bridgehead atoms. The monoisotopic (exact) mass is 384 g/mol. The van der Waals surface area contributed by atoms with Gasteiger partial charge in [0.05, 0.1) is 5.69 Å². The molecule has 1 aromatic heterocycles. The highest BCUT2D eigenvalue weighted by Crippen LogP contribution is 2.19. The zero-order chi connectivity index (χ0) is 19.8. The molecule has 0 unspecified atom stereocenters. The van der Waals surface area contributed by atoms with E-state index in [-0.39, 0.29) is 11.7 Å². The van der Waals surface area contributed by atoms with Gasteiger partial charge in [0, 0.05) is 45.1 Å². The zero-order valence-corrected chi connectivity index (χ0v) is 16.6. The van der Waals surface area contributed by atoms with Crippen molar-refractivity contribution in [3.8, 4) is 0 Å². The predicted molar refractivity (Wildman–Crippen MR) is 107 cm³/mol. The Labute approximate surface area is 166 Å². The summed E-state index contributed by atoms with van der Waals surface area (Å²) >= 11 is 0. The van der Waals surface area contributed by atoms with Crippen LogP contribution in [0, 0.1) is 11.7 Å². The van der Waals surface area contributed by atoms with Crippen LogP contribution < -0.4 is 0 Å². The average Bonchev–Trinajstić information content (AvgIpc) is 2.73. The molecule has 6 heteroatoms. The van der Waals surface area contributed by atoms with Gasteiger partial charge >= 0.3 is 0 Å². The second-order valence-electron chi connectivity index (χ2n) is 7.60. The van der Waals surface area contributed by atoms with E-state index >= 15 is 0 Å². The molecule has 2 aromatic rings. The highest BCUT2D eigenvalue weighted by molar-refractivity contribution is 5.76. The Hall–Kier alpha value is -2.34. The van der Waals surface area contributed by atoms with Crippen LogP contribution in [0.3, 0.4) is 0 Å². The van der Waals surface area contributed by atoms with Crippen molar-refractivity contribution in [1.29, 1.82) is 0 Å². The van der Waals surface area contributed by atoms with E-state index in [4.69, 9.17) is 0 Å². The Balaban J connectivity index is 1.35. The van der Waals surface area contributed by atoms with E-state index < -0.39 is 0 Å². The summed E-state index contributed by atoms with van der Waals surface area (Å²) in [5.41, 5.74) is 1.64. The van der Waals surface area contributed by atoms with Gasteiger partial charge in [-0.15, -0.1) is 0 Å². The first-order valence-corrected chi connectivity index (χ1v) is 10.1. The molecule has 2 heterocycles. The lowest BCUT2D eigenvalue weighted by Gasteiger charge is -2.34. The summed E-state index contributed by atoms with van der Waals surface area (Å²) < 4.78 is 13.7. The SMILES string of the molecule is CN(CC1CCN(CCc2ccccc2F)CC1)C(=O)CCc1cnccn1. The van der Waals surface area contributed by atoms with E-state index in [1.54, 1.807) is 24.7 Å². The van der Waals surface area contributed by atoms with Gasteiger partial charge in [-0.05, 0) is 56.3 Å². The van der Waals surface area contributed by atoms with Crippen LogP contribution in [0.4, 0.5) is 4.39 Å². The fourth-order valence-electron chi connectivity index (χ4n) is 3.75. The van der Waals surface area contributed by atoms with Crippen LogP contribution in [0.1, 0.15) is 30.5 Å². The maximum absolute atomic E-state index is 13.7. The van der Waals surface area contributed by atoms with E-state index in [9.17, 15) is 9.18 Å². The minimum absolute atomic E-state index is 0.112. The number of benzene rings is 1. The Morgan fingerprint density at radius 1 is 1.21 bits per heavy atom. The summed E-state index contributed by atoms with van der Waals surface area (Å²) in [4.78, 5) is 24.9. The van der Waals surface area contributed by atoms with Crippen molar-refractivity contribution in [1.82, 2.24) is 19.8 Å². The van der Waals surface area contributed by atoms with E-state index in [0.29, 0.717) is 18.8 Å². The summed E-state index contributed by atoms with van der Waals surface area (Å²) in [6.07, 6.45) is 9.02. The third-order valence-corrected chi connectivity index (χ3v) is 5.53. The van der Waals surface area contributed by atoms with Crippen molar-refractivity contribution >= 4 is 5.91 Å². The Morgan fingerprint density at radius 2 is 2.00 bits per heavy atom. The molecule has 1 aliphatic rings. The van der Waals surface area contributed by atoms with E-state index in [1.807, 2.05) is 24.1 Å². The van der Waals surface area contributed by atoms with Crippen LogP contribution in [0.5, 0.6) is 0 Å². The fraction of sp³-hybridized carbons (Fsp3) is 0.500. The van der Waals surface area contributed by atoms with Gasteiger partial charge in [-0.3, -0.25) is 14.8 Å². The second kappa shape index (κ2) is 10.3. The molecule has 0 spiro atoms. The highest BCUT2D eigenvalue weighted by Gasteiger charge is 2.22. The third-order valence-electron chi connectivity index (χ3n) is 5.53. The van der Waals surface area contributed by atoms with Crippen LogP contribution in [-0.2, 0) is 17.6 Å². The number of halogens is 1.